The Morgan fingerprint density at radius 3 is 2.64 bits per heavy atom. The Morgan fingerprint density at radius 2 is 2.05 bits per heavy atom. The van der Waals surface area contributed by atoms with E-state index in [1.165, 1.54) is 21.5 Å². The third-order valence-corrected chi connectivity index (χ3v) is 3.51. The predicted octanol–water partition coefficient (Wildman–Crippen LogP) is 1.53. The average molecular weight is 310 g/mol. The van der Waals surface area contributed by atoms with E-state index in [0.717, 1.165) is 0 Å². The molecule has 0 fully saturated rings. The molecule has 22 heavy (non-hydrogen) atoms. The quantitative estimate of drug-likeness (QED) is 0.698. The maximum atomic E-state index is 12.4. The van der Waals surface area contributed by atoms with Gasteiger partial charge < -0.3 is 5.73 Å². The summed E-state index contributed by atoms with van der Waals surface area (Å²) in [5.74, 6) is 0.290. The molecule has 0 unspecified atom stereocenters. The summed E-state index contributed by atoms with van der Waals surface area (Å²) in [6.07, 6.45) is 2.84. The van der Waals surface area contributed by atoms with E-state index < -0.39 is 5.56 Å². The summed E-state index contributed by atoms with van der Waals surface area (Å²) in [6.45, 7) is 0. The molecule has 0 bridgehead atoms. The number of hydrogen-bond donors (Lipinski definition) is 2. The van der Waals surface area contributed by atoms with Crippen molar-refractivity contribution in [2.75, 3.05) is 5.73 Å². The van der Waals surface area contributed by atoms with Crippen molar-refractivity contribution in [3.05, 3.63) is 63.4 Å². The van der Waals surface area contributed by atoms with E-state index in [9.17, 15) is 10.1 Å². The molecule has 0 aliphatic rings. The molecule has 2 heterocycles. The second kappa shape index (κ2) is 5.31. The van der Waals surface area contributed by atoms with E-state index in [4.69, 9.17) is 18.0 Å². The van der Waals surface area contributed by atoms with Gasteiger partial charge in [-0.25, -0.2) is 0 Å². The largest absolute Gasteiger partial charge is 0.382 e. The number of rotatable bonds is 2. The number of nitrogens with two attached hydrogens (primary N) is 1. The van der Waals surface area contributed by atoms with Crippen LogP contribution in [-0.2, 0) is 0 Å². The Hall–Kier alpha value is -3.18. The fourth-order valence-corrected chi connectivity index (χ4v) is 2.43. The highest BCUT2D eigenvalue weighted by atomic mass is 32.1. The first-order valence-corrected chi connectivity index (χ1v) is 6.67. The van der Waals surface area contributed by atoms with Crippen molar-refractivity contribution in [2.45, 2.75) is 0 Å². The van der Waals surface area contributed by atoms with Crippen molar-refractivity contribution in [1.29, 1.82) is 5.26 Å². The van der Waals surface area contributed by atoms with Crippen molar-refractivity contribution in [1.82, 2.24) is 19.3 Å². The number of anilines is 1. The Bertz CT molecular complexity index is 993. The molecule has 108 valence electrons. The molecule has 0 saturated heterocycles. The number of nitriles is 1. The minimum atomic E-state index is -0.475. The molecule has 0 atom stereocenters. The van der Waals surface area contributed by atoms with Crippen molar-refractivity contribution >= 4 is 18.0 Å². The van der Waals surface area contributed by atoms with Gasteiger partial charge in [0.1, 0.15) is 23.1 Å². The van der Waals surface area contributed by atoms with E-state index >= 15 is 0 Å². The summed E-state index contributed by atoms with van der Waals surface area (Å²) in [5, 5.41) is 15.6. The van der Waals surface area contributed by atoms with E-state index in [1.54, 1.807) is 24.3 Å². The zero-order valence-electron chi connectivity index (χ0n) is 11.2. The molecule has 0 spiro atoms. The van der Waals surface area contributed by atoms with Crippen LogP contribution in [0.25, 0.3) is 11.4 Å². The van der Waals surface area contributed by atoms with Crippen LogP contribution in [0.5, 0.6) is 0 Å². The molecule has 3 aromatic rings. The SMILES string of the molecule is N#Cc1cn(-c2cn[nH]c2N)c(=S)n(-c2ccccc2)c1=O. The number of aromatic amines is 1. The van der Waals surface area contributed by atoms with E-state index in [1.807, 2.05) is 12.1 Å². The molecule has 8 heteroatoms. The lowest BCUT2D eigenvalue weighted by Crippen LogP contribution is -2.25. The van der Waals surface area contributed by atoms with Gasteiger partial charge in [-0.15, -0.1) is 0 Å². The van der Waals surface area contributed by atoms with Crippen LogP contribution in [0, 0.1) is 16.1 Å². The zero-order valence-corrected chi connectivity index (χ0v) is 12.0. The maximum absolute atomic E-state index is 12.4. The Labute approximate surface area is 129 Å². The summed E-state index contributed by atoms with van der Waals surface area (Å²) in [7, 11) is 0. The monoisotopic (exact) mass is 310 g/mol. The zero-order chi connectivity index (χ0) is 15.7. The first-order chi connectivity index (χ1) is 10.6. The van der Waals surface area contributed by atoms with Crippen molar-refractivity contribution in [3.63, 3.8) is 0 Å². The molecule has 0 aliphatic carbocycles. The van der Waals surface area contributed by atoms with Gasteiger partial charge in [-0.2, -0.15) is 10.4 Å². The van der Waals surface area contributed by atoms with Gasteiger partial charge >= 0.3 is 0 Å². The normalized spacial score (nSPS) is 10.3. The Kier molecular flexibility index (Phi) is 3.33. The number of nitrogens with one attached hydrogen (secondary N) is 1. The molecular weight excluding hydrogens is 300 g/mol. The summed E-state index contributed by atoms with van der Waals surface area (Å²) >= 11 is 5.40. The maximum Gasteiger partial charge on any atom is 0.276 e. The van der Waals surface area contributed by atoms with Crippen LogP contribution in [0.1, 0.15) is 5.56 Å². The molecular formula is C14H10N6OS. The molecule has 0 radical (unpaired) electrons. The molecule has 0 saturated carbocycles. The van der Waals surface area contributed by atoms with Crippen LogP contribution >= 0.6 is 12.2 Å². The number of nitrogen functional groups attached to an aromatic ring is 1. The standard InChI is InChI=1S/C14H10N6OS/c15-6-9-8-19(11-7-17-18-12(11)16)14(22)20(13(9)21)10-4-2-1-3-5-10/h1-5,7-8H,(H3,16,17,18). The second-order valence-corrected chi connectivity index (χ2v) is 4.82. The summed E-state index contributed by atoms with van der Waals surface area (Å²) in [5.41, 5.74) is 6.34. The van der Waals surface area contributed by atoms with E-state index in [0.29, 0.717) is 17.2 Å². The first-order valence-electron chi connectivity index (χ1n) is 6.27. The van der Waals surface area contributed by atoms with Crippen LogP contribution in [0.2, 0.25) is 0 Å². The van der Waals surface area contributed by atoms with Gasteiger partial charge in [0.15, 0.2) is 4.77 Å². The third kappa shape index (κ3) is 2.10. The molecule has 3 rings (SSSR count). The highest BCUT2D eigenvalue weighted by Gasteiger charge is 2.13. The number of hydrogen-bond acceptors (Lipinski definition) is 5. The second-order valence-electron chi connectivity index (χ2n) is 4.45. The topological polar surface area (TPSA) is 105 Å². The summed E-state index contributed by atoms with van der Waals surface area (Å²) in [4.78, 5) is 12.4. The third-order valence-electron chi connectivity index (χ3n) is 3.13. The minimum Gasteiger partial charge on any atom is -0.382 e. The van der Waals surface area contributed by atoms with Gasteiger partial charge in [-0.1, -0.05) is 18.2 Å². The van der Waals surface area contributed by atoms with Gasteiger partial charge in [-0.3, -0.25) is 19.0 Å². The minimum absolute atomic E-state index is 0.0435. The van der Waals surface area contributed by atoms with Crippen molar-refractivity contribution in [3.8, 4) is 17.4 Å². The van der Waals surface area contributed by atoms with Crippen molar-refractivity contribution in [2.24, 2.45) is 0 Å². The van der Waals surface area contributed by atoms with Gasteiger partial charge in [0, 0.05) is 6.20 Å². The number of H-pyrrole nitrogens is 1. The van der Waals surface area contributed by atoms with Crippen LogP contribution in [0.15, 0.2) is 47.5 Å². The van der Waals surface area contributed by atoms with E-state index in [2.05, 4.69) is 10.2 Å². The van der Waals surface area contributed by atoms with Crippen LogP contribution < -0.4 is 11.3 Å². The lowest BCUT2D eigenvalue weighted by atomic mass is 10.3. The average Bonchev–Trinajstić information content (AvgIpc) is 2.95. The first kappa shape index (κ1) is 13.8. The fraction of sp³-hybridized carbons (Fsp3) is 0. The fourth-order valence-electron chi connectivity index (χ4n) is 2.09. The summed E-state index contributed by atoms with van der Waals surface area (Å²) < 4.78 is 2.98. The number of aromatic nitrogens is 4. The Morgan fingerprint density at radius 1 is 1.32 bits per heavy atom. The molecule has 7 nitrogen and oxygen atoms in total. The van der Waals surface area contributed by atoms with Gasteiger partial charge in [0.2, 0.25) is 0 Å². The smallest absolute Gasteiger partial charge is 0.276 e. The summed E-state index contributed by atoms with van der Waals surface area (Å²) in [6, 6.07) is 10.8. The molecule has 1 aromatic carbocycles. The lowest BCUT2D eigenvalue weighted by Gasteiger charge is -2.12. The number of para-hydroxylation sites is 1. The van der Waals surface area contributed by atoms with Crippen molar-refractivity contribution < 1.29 is 0 Å². The molecule has 2 aromatic heterocycles. The number of nitrogens with zero attached hydrogens (tertiary/aromatic N) is 4. The Balaban J connectivity index is 2.42. The molecule has 0 amide bonds. The van der Waals surface area contributed by atoms with Gasteiger partial charge in [0.05, 0.1) is 11.9 Å². The predicted molar refractivity (Wildman–Crippen MR) is 83.5 cm³/mol. The van der Waals surface area contributed by atoms with Crippen LogP contribution in [-0.4, -0.2) is 19.3 Å². The highest BCUT2D eigenvalue weighted by molar-refractivity contribution is 7.71. The van der Waals surface area contributed by atoms with E-state index in [-0.39, 0.29) is 10.3 Å². The van der Waals surface area contributed by atoms with Crippen LogP contribution in [0.4, 0.5) is 5.82 Å². The van der Waals surface area contributed by atoms with Gasteiger partial charge in [0.25, 0.3) is 5.56 Å². The number of benzene rings is 1. The molecule has 0 aliphatic heterocycles. The van der Waals surface area contributed by atoms with Crippen LogP contribution in [0.3, 0.4) is 0 Å². The molecule has 3 N–H and O–H groups in total. The van der Waals surface area contributed by atoms with Gasteiger partial charge in [-0.05, 0) is 24.4 Å². The highest BCUT2D eigenvalue weighted by Crippen LogP contribution is 2.15. The lowest BCUT2D eigenvalue weighted by molar-refractivity contribution is 0.834.